The molecule has 50 heavy (non-hydrogen) atoms. The van der Waals surface area contributed by atoms with Crippen LogP contribution in [0.5, 0.6) is 0 Å². The number of hydrogen-bond acceptors (Lipinski definition) is 7. The first kappa shape index (κ1) is 47.3. The van der Waals surface area contributed by atoms with Crippen LogP contribution < -0.4 is 5.11 Å². The summed E-state index contributed by atoms with van der Waals surface area (Å²) in [6, 6.07) is -0.736. The minimum absolute atomic E-state index is 0.0127. The summed E-state index contributed by atoms with van der Waals surface area (Å²) < 4.78 is 17.0. The van der Waals surface area contributed by atoms with Crippen LogP contribution in [0.4, 0.5) is 0 Å². The van der Waals surface area contributed by atoms with E-state index in [-0.39, 0.29) is 55.5 Å². The van der Waals surface area contributed by atoms with Crippen molar-refractivity contribution in [2.75, 3.05) is 41.0 Å². The molecule has 2 atom stereocenters. The predicted molar refractivity (Wildman–Crippen MR) is 203 cm³/mol. The van der Waals surface area contributed by atoms with Crippen molar-refractivity contribution in [2.45, 2.75) is 161 Å². The van der Waals surface area contributed by atoms with Gasteiger partial charge in [-0.3, -0.25) is 9.59 Å². The largest absolute Gasteiger partial charge is 0.544 e. The first-order valence-electron chi connectivity index (χ1n) is 19.7. The molecule has 0 rings (SSSR count). The highest BCUT2D eigenvalue weighted by molar-refractivity contribution is 5.70. The Kier molecular flexibility index (Phi) is 31.6. The van der Waals surface area contributed by atoms with Crippen LogP contribution in [0.2, 0.25) is 0 Å². The summed E-state index contributed by atoms with van der Waals surface area (Å²) in [4.78, 5) is 36.6. The second kappa shape index (κ2) is 33.4. The van der Waals surface area contributed by atoms with Gasteiger partial charge in [0.1, 0.15) is 12.6 Å². The lowest BCUT2D eigenvalue weighted by atomic mass is 10.1. The van der Waals surface area contributed by atoms with Crippen LogP contribution in [0, 0.1) is 0 Å². The van der Waals surface area contributed by atoms with E-state index in [1.165, 1.54) is 70.6 Å². The van der Waals surface area contributed by atoms with Crippen molar-refractivity contribution >= 4 is 17.9 Å². The van der Waals surface area contributed by atoms with Crippen LogP contribution in [0.3, 0.4) is 0 Å². The summed E-state index contributed by atoms with van der Waals surface area (Å²) >= 11 is 0. The summed E-state index contributed by atoms with van der Waals surface area (Å²) in [5.41, 5.74) is 0. The highest BCUT2D eigenvalue weighted by Gasteiger charge is 2.25. The third kappa shape index (κ3) is 31.3. The number of esters is 2. The van der Waals surface area contributed by atoms with Gasteiger partial charge in [-0.1, -0.05) is 114 Å². The molecule has 0 spiro atoms. The lowest BCUT2D eigenvalue weighted by Gasteiger charge is -2.34. The maximum atomic E-state index is 12.6. The Morgan fingerprint density at radius 3 is 1.60 bits per heavy atom. The monoisotopic (exact) mass is 704 g/mol. The highest BCUT2D eigenvalue weighted by atomic mass is 16.6. The standard InChI is InChI=1S/C42H73NO7/c1-6-8-10-12-14-16-17-18-19-20-21-22-23-25-26-28-30-32-40(44)49-37-38(36-48-35-34-39(42(46)47)43(3,4)5)50-41(45)33-31-29-27-24-15-13-11-9-7-2/h18-19,21-22,24-27,38-39H,6-17,20,23,28-37H2,1-5H3/b19-18+,22-21+,26-25+,27-24+. The molecule has 8 nitrogen and oxygen atoms in total. The number of aliphatic carboxylic acids is 1. The van der Waals surface area contributed by atoms with Gasteiger partial charge < -0.3 is 28.6 Å². The average Bonchev–Trinajstić information content (AvgIpc) is 3.06. The zero-order chi connectivity index (χ0) is 37.1. The van der Waals surface area contributed by atoms with Gasteiger partial charge in [0.25, 0.3) is 0 Å². The van der Waals surface area contributed by atoms with Crippen LogP contribution in [-0.4, -0.2) is 75.5 Å². The number of carbonyl (C=O) groups excluding carboxylic acids is 3. The number of carbonyl (C=O) groups is 3. The Balaban J connectivity index is 4.48. The molecule has 0 fully saturated rings. The molecule has 0 heterocycles. The predicted octanol–water partition coefficient (Wildman–Crippen LogP) is 8.74. The number of carboxylic acids is 1. The van der Waals surface area contributed by atoms with Gasteiger partial charge in [-0.15, -0.1) is 0 Å². The Morgan fingerprint density at radius 1 is 0.600 bits per heavy atom. The number of hydrogen-bond donors (Lipinski definition) is 0. The lowest BCUT2D eigenvalue weighted by molar-refractivity contribution is -0.889. The van der Waals surface area contributed by atoms with E-state index in [1.54, 1.807) is 21.1 Å². The van der Waals surface area contributed by atoms with Crippen molar-refractivity contribution in [1.82, 2.24) is 0 Å². The van der Waals surface area contributed by atoms with E-state index < -0.39 is 18.1 Å². The molecule has 0 aromatic heterocycles. The maximum absolute atomic E-state index is 12.6. The molecular weight excluding hydrogens is 630 g/mol. The molecule has 0 saturated carbocycles. The van der Waals surface area contributed by atoms with Gasteiger partial charge in [0, 0.05) is 19.3 Å². The van der Waals surface area contributed by atoms with Crippen molar-refractivity contribution in [3.05, 3.63) is 48.6 Å². The molecule has 0 bridgehead atoms. The smallest absolute Gasteiger partial charge is 0.306 e. The summed E-state index contributed by atoms with van der Waals surface area (Å²) in [7, 11) is 5.37. The second-order valence-corrected chi connectivity index (χ2v) is 14.2. The van der Waals surface area contributed by atoms with Crippen LogP contribution in [-0.2, 0) is 28.6 Å². The topological polar surface area (TPSA) is 102 Å². The molecule has 0 aromatic rings. The molecule has 0 aliphatic carbocycles. The van der Waals surface area contributed by atoms with Crippen molar-refractivity contribution < 1.29 is 38.2 Å². The zero-order valence-electron chi connectivity index (χ0n) is 32.5. The van der Waals surface area contributed by atoms with Gasteiger partial charge in [0.15, 0.2) is 6.10 Å². The van der Waals surface area contributed by atoms with Crippen LogP contribution >= 0.6 is 0 Å². The first-order valence-corrected chi connectivity index (χ1v) is 19.7. The number of carboxylic acid groups (broad SMARTS) is 1. The molecule has 0 N–H and O–H groups in total. The molecule has 0 radical (unpaired) electrons. The van der Waals surface area contributed by atoms with E-state index in [4.69, 9.17) is 14.2 Å². The Morgan fingerprint density at radius 2 is 1.06 bits per heavy atom. The second-order valence-electron chi connectivity index (χ2n) is 14.2. The van der Waals surface area contributed by atoms with Crippen LogP contribution in [0.25, 0.3) is 0 Å². The van der Waals surface area contributed by atoms with Crippen molar-refractivity contribution in [2.24, 2.45) is 0 Å². The summed E-state index contributed by atoms with van der Waals surface area (Å²) in [5.74, 6) is -1.85. The molecule has 0 saturated heterocycles. The Bertz CT molecular complexity index is 964. The third-order valence-corrected chi connectivity index (χ3v) is 8.44. The molecule has 2 unspecified atom stereocenters. The van der Waals surface area contributed by atoms with Gasteiger partial charge in [-0.05, 0) is 64.2 Å². The minimum Gasteiger partial charge on any atom is -0.544 e. The van der Waals surface area contributed by atoms with Crippen LogP contribution in [0.15, 0.2) is 48.6 Å². The molecule has 0 aliphatic rings. The summed E-state index contributed by atoms with van der Waals surface area (Å²) in [6.45, 7) is 4.51. The van der Waals surface area contributed by atoms with Crippen molar-refractivity contribution in [1.29, 1.82) is 0 Å². The number of unbranched alkanes of at least 4 members (excludes halogenated alkanes) is 12. The van der Waals surface area contributed by atoms with E-state index in [1.807, 2.05) is 0 Å². The minimum atomic E-state index is -1.14. The molecule has 8 heteroatoms. The van der Waals surface area contributed by atoms with Gasteiger partial charge in [0.05, 0.1) is 40.3 Å². The van der Waals surface area contributed by atoms with E-state index in [0.29, 0.717) is 12.8 Å². The van der Waals surface area contributed by atoms with E-state index in [0.717, 1.165) is 32.1 Å². The van der Waals surface area contributed by atoms with E-state index in [9.17, 15) is 19.5 Å². The Labute approximate surface area is 306 Å². The van der Waals surface area contributed by atoms with E-state index in [2.05, 4.69) is 62.5 Å². The normalized spacial score (nSPS) is 13.5. The fourth-order valence-electron chi connectivity index (χ4n) is 5.32. The lowest BCUT2D eigenvalue weighted by Crippen LogP contribution is -2.55. The summed E-state index contributed by atoms with van der Waals surface area (Å²) in [6.07, 6.45) is 37.3. The SMILES string of the molecule is CCCCCC/C=C/CCCC(=O)OC(COCCC(C(=O)[O-])[N+](C)(C)C)COC(=O)CCC/C=C/C/C=C/C/C=C/CCCCCCCC. The number of nitrogens with zero attached hydrogens (tertiary/aromatic N) is 1. The average molecular weight is 704 g/mol. The molecule has 0 aliphatic heterocycles. The summed E-state index contributed by atoms with van der Waals surface area (Å²) in [5, 5.41) is 11.6. The van der Waals surface area contributed by atoms with E-state index >= 15 is 0 Å². The molecule has 0 amide bonds. The number of quaternary nitrogens is 1. The number of ether oxygens (including phenoxy) is 3. The van der Waals surface area contributed by atoms with Crippen LogP contribution in [0.1, 0.15) is 149 Å². The molecule has 288 valence electrons. The van der Waals surface area contributed by atoms with Gasteiger partial charge in [-0.25, -0.2) is 0 Å². The van der Waals surface area contributed by atoms with Crippen molar-refractivity contribution in [3.8, 4) is 0 Å². The first-order chi connectivity index (χ1) is 24.1. The third-order valence-electron chi connectivity index (χ3n) is 8.44. The zero-order valence-corrected chi connectivity index (χ0v) is 32.5. The fourth-order valence-corrected chi connectivity index (χ4v) is 5.32. The van der Waals surface area contributed by atoms with Gasteiger partial charge >= 0.3 is 11.9 Å². The molecule has 0 aromatic carbocycles. The number of likely N-dealkylation sites (N-methyl/N-ethyl adjacent to an activating group) is 1. The van der Waals surface area contributed by atoms with Gasteiger partial charge in [0.2, 0.25) is 0 Å². The number of rotatable bonds is 34. The van der Waals surface area contributed by atoms with Crippen molar-refractivity contribution in [3.63, 3.8) is 0 Å². The number of allylic oxidation sites excluding steroid dienone is 8. The fraction of sp³-hybridized carbons (Fsp3) is 0.738. The Hall–Kier alpha value is -2.71. The highest BCUT2D eigenvalue weighted by Crippen LogP contribution is 2.11. The quantitative estimate of drug-likeness (QED) is 0.0286. The maximum Gasteiger partial charge on any atom is 0.306 e. The van der Waals surface area contributed by atoms with Gasteiger partial charge in [-0.2, -0.15) is 0 Å². The molecular formula is C42H73NO7.